The highest BCUT2D eigenvalue weighted by Crippen LogP contribution is 2.25. The van der Waals surface area contributed by atoms with Crippen LogP contribution in [0, 0.1) is 17.8 Å². The smallest absolute Gasteiger partial charge is 0.311 e. The summed E-state index contributed by atoms with van der Waals surface area (Å²) < 4.78 is 5.82. The van der Waals surface area contributed by atoms with Crippen LogP contribution in [-0.2, 0) is 16.0 Å². The summed E-state index contributed by atoms with van der Waals surface area (Å²) in [5.74, 6) is 6.80. The molecule has 1 unspecified atom stereocenters. The van der Waals surface area contributed by atoms with E-state index in [0.29, 0.717) is 5.92 Å². The normalized spacial score (nSPS) is 15.6. The van der Waals surface area contributed by atoms with Gasteiger partial charge in [-0.3, -0.25) is 4.79 Å². The molecular formula is C25H25NO2. The van der Waals surface area contributed by atoms with Crippen LogP contribution in [0.4, 0.5) is 0 Å². The lowest BCUT2D eigenvalue weighted by Gasteiger charge is -2.17. The summed E-state index contributed by atoms with van der Waals surface area (Å²) in [4.78, 5) is 15.9. The minimum Gasteiger partial charge on any atom is -0.444 e. The van der Waals surface area contributed by atoms with Gasteiger partial charge in [0.05, 0.1) is 6.42 Å². The topological polar surface area (TPSA) is 42.1 Å². The molecular weight excluding hydrogens is 346 g/mol. The Morgan fingerprint density at radius 3 is 2.61 bits per heavy atom. The van der Waals surface area contributed by atoms with Gasteiger partial charge in [-0.15, -0.1) is 0 Å². The number of aromatic amines is 1. The fourth-order valence-corrected chi connectivity index (χ4v) is 3.86. The van der Waals surface area contributed by atoms with Gasteiger partial charge in [-0.2, -0.15) is 0 Å². The summed E-state index contributed by atoms with van der Waals surface area (Å²) in [5, 5.41) is 1.06. The zero-order chi connectivity index (χ0) is 19.2. The Morgan fingerprint density at radius 2 is 1.79 bits per heavy atom. The van der Waals surface area contributed by atoms with E-state index in [2.05, 4.69) is 16.8 Å². The van der Waals surface area contributed by atoms with Gasteiger partial charge in [0.2, 0.25) is 0 Å². The Labute approximate surface area is 166 Å². The number of para-hydroxylation sites is 1. The second-order valence-corrected chi connectivity index (χ2v) is 7.44. The molecule has 0 spiro atoms. The van der Waals surface area contributed by atoms with Crippen molar-refractivity contribution in [2.24, 2.45) is 5.92 Å². The Hall–Kier alpha value is -2.99. The van der Waals surface area contributed by atoms with Gasteiger partial charge < -0.3 is 9.72 Å². The Kier molecular flexibility index (Phi) is 5.77. The third-order valence-corrected chi connectivity index (χ3v) is 5.39. The van der Waals surface area contributed by atoms with E-state index in [0.717, 1.165) is 34.9 Å². The molecule has 0 saturated heterocycles. The number of esters is 1. The van der Waals surface area contributed by atoms with Crippen molar-refractivity contribution in [2.45, 2.75) is 44.6 Å². The number of hydrogen-bond acceptors (Lipinski definition) is 2. The van der Waals surface area contributed by atoms with E-state index in [1.807, 2.05) is 60.8 Å². The van der Waals surface area contributed by atoms with Crippen LogP contribution in [0.2, 0.25) is 0 Å². The van der Waals surface area contributed by atoms with Crippen molar-refractivity contribution in [1.82, 2.24) is 4.98 Å². The molecule has 3 heteroatoms. The van der Waals surface area contributed by atoms with Crippen molar-refractivity contribution in [3.8, 4) is 11.8 Å². The molecule has 1 aromatic heterocycles. The maximum absolute atomic E-state index is 12.7. The third-order valence-electron chi connectivity index (χ3n) is 5.39. The minimum atomic E-state index is -0.513. The minimum absolute atomic E-state index is 0.235. The van der Waals surface area contributed by atoms with Crippen LogP contribution < -0.4 is 0 Å². The van der Waals surface area contributed by atoms with Crippen LogP contribution in [0.15, 0.2) is 60.8 Å². The van der Waals surface area contributed by atoms with Gasteiger partial charge in [0.15, 0.2) is 6.10 Å². The van der Waals surface area contributed by atoms with Gasteiger partial charge in [-0.05, 0) is 24.5 Å². The number of hydrogen-bond donors (Lipinski definition) is 1. The number of ether oxygens (including phenoxy) is 1. The first-order valence-electron chi connectivity index (χ1n) is 10.1. The first kappa shape index (κ1) is 18.4. The first-order chi connectivity index (χ1) is 13.8. The maximum Gasteiger partial charge on any atom is 0.311 e. The van der Waals surface area contributed by atoms with E-state index in [-0.39, 0.29) is 12.4 Å². The van der Waals surface area contributed by atoms with Gasteiger partial charge >= 0.3 is 5.97 Å². The molecule has 2 aromatic carbocycles. The van der Waals surface area contributed by atoms with E-state index in [9.17, 15) is 4.79 Å². The number of H-pyrrole nitrogens is 1. The molecule has 1 N–H and O–H groups in total. The SMILES string of the molecule is O=C(Cc1c[nH]c2ccccc12)OC(C#CC1CCCCC1)c1ccccc1. The number of fused-ring (bicyclic) bond motifs is 1. The maximum atomic E-state index is 12.7. The summed E-state index contributed by atoms with van der Waals surface area (Å²) in [7, 11) is 0. The molecule has 0 radical (unpaired) electrons. The molecule has 3 nitrogen and oxygen atoms in total. The molecule has 28 heavy (non-hydrogen) atoms. The quantitative estimate of drug-likeness (QED) is 0.481. The van der Waals surface area contributed by atoms with E-state index in [1.165, 1.54) is 19.3 Å². The van der Waals surface area contributed by atoms with Crippen LogP contribution in [0.1, 0.15) is 49.3 Å². The summed E-state index contributed by atoms with van der Waals surface area (Å²) >= 11 is 0. The highest BCUT2D eigenvalue weighted by molar-refractivity contribution is 5.87. The van der Waals surface area contributed by atoms with Crippen LogP contribution in [0.3, 0.4) is 0 Å². The number of carbonyl (C=O) groups is 1. The highest BCUT2D eigenvalue weighted by atomic mass is 16.5. The van der Waals surface area contributed by atoms with Crippen molar-refractivity contribution in [3.05, 3.63) is 71.9 Å². The summed E-state index contributed by atoms with van der Waals surface area (Å²) in [5.41, 5.74) is 2.91. The fourth-order valence-electron chi connectivity index (χ4n) is 3.86. The van der Waals surface area contributed by atoms with E-state index < -0.39 is 6.10 Å². The fraction of sp³-hybridized carbons (Fsp3) is 0.320. The molecule has 1 fully saturated rings. The summed E-state index contributed by atoms with van der Waals surface area (Å²) in [6, 6.07) is 17.8. The van der Waals surface area contributed by atoms with Crippen molar-refractivity contribution >= 4 is 16.9 Å². The van der Waals surface area contributed by atoms with Crippen LogP contribution in [-0.4, -0.2) is 11.0 Å². The number of rotatable bonds is 4. The monoisotopic (exact) mass is 371 g/mol. The zero-order valence-corrected chi connectivity index (χ0v) is 16.0. The Bertz CT molecular complexity index is 987. The number of nitrogens with one attached hydrogen (secondary N) is 1. The Balaban J connectivity index is 1.50. The first-order valence-corrected chi connectivity index (χ1v) is 10.1. The third kappa shape index (κ3) is 4.46. The molecule has 142 valence electrons. The number of carbonyl (C=O) groups excluding carboxylic acids is 1. The predicted molar refractivity (Wildman–Crippen MR) is 112 cm³/mol. The highest BCUT2D eigenvalue weighted by Gasteiger charge is 2.17. The largest absolute Gasteiger partial charge is 0.444 e. The molecule has 1 saturated carbocycles. The van der Waals surface area contributed by atoms with Gasteiger partial charge in [0.1, 0.15) is 0 Å². The average molecular weight is 371 g/mol. The van der Waals surface area contributed by atoms with E-state index in [1.54, 1.807) is 0 Å². The molecule has 3 aromatic rings. The lowest BCUT2D eigenvalue weighted by atomic mass is 9.89. The van der Waals surface area contributed by atoms with Crippen molar-refractivity contribution in [3.63, 3.8) is 0 Å². The molecule has 1 atom stereocenters. The number of aromatic nitrogens is 1. The van der Waals surface area contributed by atoms with Crippen LogP contribution >= 0.6 is 0 Å². The van der Waals surface area contributed by atoms with Crippen molar-refractivity contribution in [1.29, 1.82) is 0 Å². The van der Waals surface area contributed by atoms with Gasteiger partial charge in [0.25, 0.3) is 0 Å². The van der Waals surface area contributed by atoms with Crippen LogP contribution in [0.25, 0.3) is 10.9 Å². The lowest BCUT2D eigenvalue weighted by molar-refractivity contribution is -0.145. The summed E-state index contributed by atoms with van der Waals surface area (Å²) in [6.07, 6.45) is 7.71. The second-order valence-electron chi connectivity index (χ2n) is 7.44. The van der Waals surface area contributed by atoms with Crippen molar-refractivity contribution < 1.29 is 9.53 Å². The van der Waals surface area contributed by atoms with E-state index in [4.69, 9.17) is 4.74 Å². The molecule has 1 aliphatic carbocycles. The number of benzene rings is 2. The molecule has 0 aliphatic heterocycles. The second kappa shape index (κ2) is 8.80. The van der Waals surface area contributed by atoms with Crippen LogP contribution in [0.5, 0.6) is 0 Å². The molecule has 0 amide bonds. The summed E-state index contributed by atoms with van der Waals surface area (Å²) in [6.45, 7) is 0. The average Bonchev–Trinajstić information content (AvgIpc) is 3.15. The van der Waals surface area contributed by atoms with Gasteiger partial charge in [-0.25, -0.2) is 0 Å². The standard InChI is InChI=1S/C25H25NO2/c27-25(17-21-18-26-23-14-8-7-13-22(21)23)28-24(20-11-5-2-6-12-20)16-15-19-9-3-1-4-10-19/h2,5-8,11-14,18-19,24,26H,1,3-4,9-10,17H2. The van der Waals surface area contributed by atoms with Gasteiger partial charge in [0, 0.05) is 28.6 Å². The predicted octanol–water partition coefficient (Wildman–Crippen LogP) is 5.58. The van der Waals surface area contributed by atoms with Gasteiger partial charge in [-0.1, -0.05) is 79.6 Å². The van der Waals surface area contributed by atoms with E-state index >= 15 is 0 Å². The molecule has 1 aliphatic rings. The molecule has 4 rings (SSSR count). The zero-order valence-electron chi connectivity index (χ0n) is 16.0. The van der Waals surface area contributed by atoms with Crippen molar-refractivity contribution in [2.75, 3.05) is 0 Å². The Morgan fingerprint density at radius 1 is 1.04 bits per heavy atom. The molecule has 0 bridgehead atoms. The molecule has 1 heterocycles. The lowest BCUT2D eigenvalue weighted by Crippen LogP contribution is -2.13.